The molecular weight excluding hydrogens is 250 g/mol. The summed E-state index contributed by atoms with van der Waals surface area (Å²) in [4.78, 5) is 8.64. The van der Waals surface area contributed by atoms with E-state index in [1.54, 1.807) is 13.3 Å². The van der Waals surface area contributed by atoms with E-state index in [0.29, 0.717) is 17.2 Å². The third-order valence-corrected chi connectivity index (χ3v) is 2.95. The number of hydrogen-bond donors (Lipinski definition) is 0. The molecule has 4 heteroatoms. The van der Waals surface area contributed by atoms with Crippen LogP contribution in [0.2, 0.25) is 0 Å². The largest absolute Gasteiger partial charge is 0.478 e. The Morgan fingerprint density at radius 2 is 1.95 bits per heavy atom. The average molecular weight is 263 g/mol. The van der Waals surface area contributed by atoms with Crippen molar-refractivity contribution in [3.63, 3.8) is 0 Å². The Morgan fingerprint density at radius 1 is 1.15 bits per heavy atom. The van der Waals surface area contributed by atoms with E-state index in [1.165, 1.54) is 0 Å². The summed E-state index contributed by atoms with van der Waals surface area (Å²) in [5, 5.41) is 0. The van der Waals surface area contributed by atoms with Crippen molar-refractivity contribution >= 4 is 5.65 Å². The second kappa shape index (κ2) is 5.06. The van der Waals surface area contributed by atoms with Gasteiger partial charge >= 0.3 is 0 Å². The van der Waals surface area contributed by atoms with Gasteiger partial charge in [-0.15, -0.1) is 0 Å². The fourth-order valence-corrected chi connectivity index (χ4v) is 1.93. The van der Waals surface area contributed by atoms with Crippen LogP contribution in [0.3, 0.4) is 0 Å². The predicted octanol–water partition coefficient (Wildman–Crippen LogP) is 2.45. The van der Waals surface area contributed by atoms with E-state index in [1.807, 2.05) is 47.9 Å². The molecule has 98 valence electrons. The molecule has 1 aromatic carbocycles. The van der Waals surface area contributed by atoms with Crippen LogP contribution in [0.15, 0.2) is 42.7 Å². The van der Waals surface area contributed by atoms with E-state index in [-0.39, 0.29) is 0 Å². The molecule has 0 fully saturated rings. The van der Waals surface area contributed by atoms with Gasteiger partial charge in [-0.25, -0.2) is 4.98 Å². The van der Waals surface area contributed by atoms with Crippen molar-refractivity contribution < 1.29 is 4.74 Å². The summed E-state index contributed by atoms with van der Waals surface area (Å²) < 4.78 is 7.20. The molecule has 0 atom stereocenters. The average Bonchev–Trinajstić information content (AvgIpc) is 2.87. The van der Waals surface area contributed by atoms with Crippen molar-refractivity contribution in [2.24, 2.45) is 0 Å². The molecule has 0 amide bonds. The molecule has 0 bridgehead atoms. The van der Waals surface area contributed by atoms with Gasteiger partial charge in [0.05, 0.1) is 7.11 Å². The van der Waals surface area contributed by atoms with Crippen LogP contribution in [0.4, 0.5) is 0 Å². The van der Waals surface area contributed by atoms with E-state index in [0.717, 1.165) is 11.3 Å². The SMILES string of the molecule is COc1nc(C#Cc2ccccc2)cn2c(C)cnc12. The Kier molecular flexibility index (Phi) is 3.10. The van der Waals surface area contributed by atoms with Crippen LogP contribution < -0.4 is 4.74 Å². The lowest BCUT2D eigenvalue weighted by molar-refractivity contribution is 0.399. The first-order chi connectivity index (χ1) is 9.78. The Balaban J connectivity index is 2.09. The van der Waals surface area contributed by atoms with Crippen molar-refractivity contribution in [3.8, 4) is 17.7 Å². The van der Waals surface area contributed by atoms with E-state index in [9.17, 15) is 0 Å². The van der Waals surface area contributed by atoms with E-state index in [2.05, 4.69) is 21.8 Å². The van der Waals surface area contributed by atoms with Crippen molar-refractivity contribution in [1.82, 2.24) is 14.4 Å². The summed E-state index contributed by atoms with van der Waals surface area (Å²) in [7, 11) is 1.58. The Morgan fingerprint density at radius 3 is 2.70 bits per heavy atom. The molecule has 0 aliphatic carbocycles. The van der Waals surface area contributed by atoms with E-state index in [4.69, 9.17) is 4.74 Å². The van der Waals surface area contributed by atoms with E-state index < -0.39 is 0 Å². The number of rotatable bonds is 1. The number of imidazole rings is 1. The third kappa shape index (κ3) is 2.21. The van der Waals surface area contributed by atoms with Crippen LogP contribution >= 0.6 is 0 Å². The van der Waals surface area contributed by atoms with Gasteiger partial charge in [-0.05, 0) is 25.0 Å². The Bertz CT molecular complexity index is 810. The molecule has 2 heterocycles. The lowest BCUT2D eigenvalue weighted by Gasteiger charge is -2.03. The first-order valence-electron chi connectivity index (χ1n) is 6.23. The minimum atomic E-state index is 0.484. The second-order valence-corrected chi connectivity index (χ2v) is 4.34. The summed E-state index contributed by atoms with van der Waals surface area (Å²) in [6.45, 7) is 1.98. The topological polar surface area (TPSA) is 39.4 Å². The summed E-state index contributed by atoms with van der Waals surface area (Å²) in [5.41, 5.74) is 3.33. The number of ether oxygens (including phenoxy) is 1. The molecule has 0 unspecified atom stereocenters. The molecule has 0 N–H and O–H groups in total. The Hall–Kier alpha value is -2.80. The first kappa shape index (κ1) is 12.2. The fourth-order valence-electron chi connectivity index (χ4n) is 1.93. The zero-order valence-electron chi connectivity index (χ0n) is 11.3. The molecule has 4 nitrogen and oxygen atoms in total. The monoisotopic (exact) mass is 263 g/mol. The highest BCUT2D eigenvalue weighted by Crippen LogP contribution is 2.17. The highest BCUT2D eigenvalue weighted by Gasteiger charge is 2.08. The fraction of sp³-hybridized carbons (Fsp3) is 0.125. The molecule has 3 aromatic rings. The van der Waals surface area contributed by atoms with Crippen LogP contribution in [-0.4, -0.2) is 21.5 Å². The van der Waals surface area contributed by atoms with Gasteiger partial charge in [-0.1, -0.05) is 24.1 Å². The van der Waals surface area contributed by atoms with Gasteiger partial charge in [0.15, 0.2) is 0 Å². The lowest BCUT2D eigenvalue weighted by atomic mass is 10.2. The molecule has 0 saturated heterocycles. The maximum atomic E-state index is 5.27. The third-order valence-electron chi connectivity index (χ3n) is 2.95. The number of nitrogens with zero attached hydrogens (tertiary/aromatic N) is 3. The van der Waals surface area contributed by atoms with Gasteiger partial charge in [-0.3, -0.25) is 4.40 Å². The van der Waals surface area contributed by atoms with Crippen molar-refractivity contribution in [3.05, 3.63) is 59.7 Å². The quantitative estimate of drug-likeness (QED) is 0.633. The highest BCUT2D eigenvalue weighted by molar-refractivity contribution is 5.53. The normalized spacial score (nSPS) is 10.1. The molecule has 3 rings (SSSR count). The van der Waals surface area contributed by atoms with Gasteiger partial charge in [0.1, 0.15) is 5.69 Å². The van der Waals surface area contributed by atoms with Crippen molar-refractivity contribution in [2.75, 3.05) is 7.11 Å². The smallest absolute Gasteiger partial charge is 0.259 e. The first-order valence-corrected chi connectivity index (χ1v) is 6.23. The molecule has 0 saturated carbocycles. The standard InChI is InChI=1S/C16H13N3O/c1-12-10-17-15-16(20-2)18-14(11-19(12)15)9-8-13-6-4-3-5-7-13/h3-7,10-11H,1-2H3. The molecule has 0 aliphatic rings. The molecule has 2 aromatic heterocycles. The predicted molar refractivity (Wildman–Crippen MR) is 76.7 cm³/mol. The highest BCUT2D eigenvalue weighted by atomic mass is 16.5. The summed E-state index contributed by atoms with van der Waals surface area (Å²) in [5.74, 6) is 6.63. The van der Waals surface area contributed by atoms with Crippen molar-refractivity contribution in [1.29, 1.82) is 0 Å². The van der Waals surface area contributed by atoms with Crippen LogP contribution in [0, 0.1) is 18.8 Å². The summed E-state index contributed by atoms with van der Waals surface area (Å²) >= 11 is 0. The molecule has 0 aliphatic heterocycles. The molecule has 20 heavy (non-hydrogen) atoms. The number of fused-ring (bicyclic) bond motifs is 1. The lowest BCUT2D eigenvalue weighted by Crippen LogP contribution is -1.98. The molecule has 0 spiro atoms. The number of methoxy groups -OCH3 is 1. The zero-order chi connectivity index (χ0) is 13.9. The van der Waals surface area contributed by atoms with Gasteiger partial charge in [-0.2, -0.15) is 4.98 Å². The number of aryl methyl sites for hydroxylation is 1. The van der Waals surface area contributed by atoms with Gasteiger partial charge in [0.2, 0.25) is 5.65 Å². The maximum absolute atomic E-state index is 5.27. The molecular formula is C16H13N3O. The van der Waals surface area contributed by atoms with Gasteiger partial charge in [0.25, 0.3) is 5.88 Å². The van der Waals surface area contributed by atoms with Gasteiger partial charge in [0, 0.05) is 23.7 Å². The minimum Gasteiger partial charge on any atom is -0.478 e. The second-order valence-electron chi connectivity index (χ2n) is 4.34. The minimum absolute atomic E-state index is 0.484. The summed E-state index contributed by atoms with van der Waals surface area (Å²) in [6.07, 6.45) is 3.66. The Labute approximate surface area is 117 Å². The van der Waals surface area contributed by atoms with Crippen LogP contribution in [0.5, 0.6) is 5.88 Å². The van der Waals surface area contributed by atoms with Crippen molar-refractivity contribution in [2.45, 2.75) is 6.92 Å². The number of aromatic nitrogens is 3. The van der Waals surface area contributed by atoms with E-state index >= 15 is 0 Å². The summed E-state index contributed by atoms with van der Waals surface area (Å²) in [6, 6.07) is 9.81. The number of hydrogen-bond acceptors (Lipinski definition) is 3. The number of benzene rings is 1. The maximum Gasteiger partial charge on any atom is 0.259 e. The zero-order valence-corrected chi connectivity index (χ0v) is 11.3. The van der Waals surface area contributed by atoms with Crippen LogP contribution in [0.1, 0.15) is 17.0 Å². The van der Waals surface area contributed by atoms with Crippen LogP contribution in [-0.2, 0) is 0 Å². The van der Waals surface area contributed by atoms with Crippen LogP contribution in [0.25, 0.3) is 5.65 Å². The van der Waals surface area contributed by atoms with Gasteiger partial charge < -0.3 is 4.74 Å². The molecule has 0 radical (unpaired) electrons.